The Hall–Kier alpha value is -3.21. The Morgan fingerprint density at radius 2 is 2.00 bits per heavy atom. The Morgan fingerprint density at radius 1 is 1.24 bits per heavy atom. The van der Waals surface area contributed by atoms with Crippen molar-refractivity contribution in [3.8, 4) is 34.7 Å². The molecule has 3 aromatic rings. The molecule has 0 saturated carbocycles. The van der Waals surface area contributed by atoms with Crippen LogP contribution in [0.4, 0.5) is 0 Å². The zero-order chi connectivity index (χ0) is 24.2. The van der Waals surface area contributed by atoms with Crippen molar-refractivity contribution in [2.75, 3.05) is 6.61 Å². The minimum atomic E-state index is -0.397. The zero-order valence-electron chi connectivity index (χ0n) is 20.1. The van der Waals surface area contributed by atoms with Crippen molar-refractivity contribution in [2.45, 2.75) is 65.6 Å². The monoisotopic (exact) mass is 448 g/mol. The van der Waals surface area contributed by atoms with Crippen LogP contribution in [0.2, 0.25) is 0 Å². The Morgan fingerprint density at radius 3 is 2.64 bits per heavy atom. The van der Waals surface area contributed by atoms with Crippen LogP contribution >= 0.6 is 0 Å². The standard InChI is InChI=1S/C26H32N4O3/c1-7-22(29-26(5,6)15-31)20-9-8-10-21(17(20)4)24-28-25(33-30-24)18-11-12-23(32-16(2)3)19(13-18)14-27/h8-13,16,22,29,31H,7,15H2,1-6H3. The van der Waals surface area contributed by atoms with Gasteiger partial charge in [-0.15, -0.1) is 0 Å². The van der Waals surface area contributed by atoms with Gasteiger partial charge in [0.15, 0.2) is 0 Å². The highest BCUT2D eigenvalue weighted by Crippen LogP contribution is 2.32. The molecule has 1 atom stereocenters. The summed E-state index contributed by atoms with van der Waals surface area (Å²) in [4.78, 5) is 4.61. The number of ether oxygens (including phenoxy) is 1. The number of rotatable bonds is 9. The molecule has 1 heterocycles. The van der Waals surface area contributed by atoms with E-state index in [1.165, 1.54) is 0 Å². The molecular weight excluding hydrogens is 416 g/mol. The van der Waals surface area contributed by atoms with Gasteiger partial charge in [0.1, 0.15) is 11.8 Å². The zero-order valence-corrected chi connectivity index (χ0v) is 20.1. The summed E-state index contributed by atoms with van der Waals surface area (Å²) in [6.07, 6.45) is 0.838. The van der Waals surface area contributed by atoms with Crippen LogP contribution in [0.3, 0.4) is 0 Å². The number of aliphatic hydroxyl groups is 1. The summed E-state index contributed by atoms with van der Waals surface area (Å²) in [6, 6.07) is 13.5. The third kappa shape index (κ3) is 5.59. The van der Waals surface area contributed by atoms with Crippen LogP contribution in [-0.4, -0.2) is 33.5 Å². The second kappa shape index (κ2) is 10.2. The largest absolute Gasteiger partial charge is 0.490 e. The maximum atomic E-state index is 9.67. The number of hydrogen-bond donors (Lipinski definition) is 2. The number of hydrogen-bond acceptors (Lipinski definition) is 7. The minimum absolute atomic E-state index is 0.0300. The van der Waals surface area contributed by atoms with Crippen LogP contribution in [0.1, 0.15) is 63.8 Å². The molecule has 0 spiro atoms. The van der Waals surface area contributed by atoms with Crippen molar-refractivity contribution in [1.82, 2.24) is 15.5 Å². The summed E-state index contributed by atoms with van der Waals surface area (Å²) >= 11 is 0. The van der Waals surface area contributed by atoms with E-state index >= 15 is 0 Å². The maximum absolute atomic E-state index is 9.67. The van der Waals surface area contributed by atoms with Gasteiger partial charge >= 0.3 is 0 Å². The third-order valence-corrected chi connectivity index (χ3v) is 5.50. The summed E-state index contributed by atoms with van der Waals surface area (Å²) in [5.41, 5.74) is 3.74. The van der Waals surface area contributed by atoms with Gasteiger partial charge in [-0.3, -0.25) is 0 Å². The predicted octanol–water partition coefficient (Wildman–Crippen LogP) is 5.18. The number of nitrogens with one attached hydrogen (secondary N) is 1. The van der Waals surface area contributed by atoms with Gasteiger partial charge in [0.2, 0.25) is 5.82 Å². The van der Waals surface area contributed by atoms with E-state index in [0.29, 0.717) is 28.6 Å². The molecule has 0 bridgehead atoms. The SMILES string of the molecule is CCC(NC(C)(C)CO)c1cccc(-c2noc(-c3ccc(OC(C)C)c(C#N)c3)n2)c1C. The molecule has 0 amide bonds. The average molecular weight is 449 g/mol. The first-order chi connectivity index (χ1) is 15.7. The highest BCUT2D eigenvalue weighted by Gasteiger charge is 2.24. The van der Waals surface area contributed by atoms with Gasteiger partial charge < -0.3 is 19.7 Å². The molecule has 174 valence electrons. The van der Waals surface area contributed by atoms with E-state index in [2.05, 4.69) is 34.5 Å². The van der Waals surface area contributed by atoms with Crippen molar-refractivity contribution < 1.29 is 14.4 Å². The highest BCUT2D eigenvalue weighted by molar-refractivity contribution is 5.66. The lowest BCUT2D eigenvalue weighted by atomic mass is 9.93. The molecule has 7 nitrogen and oxygen atoms in total. The minimum Gasteiger partial charge on any atom is -0.490 e. The summed E-state index contributed by atoms with van der Waals surface area (Å²) in [5.74, 6) is 1.36. The molecule has 1 unspecified atom stereocenters. The van der Waals surface area contributed by atoms with Crippen molar-refractivity contribution in [3.05, 3.63) is 53.1 Å². The molecule has 7 heteroatoms. The van der Waals surface area contributed by atoms with Gasteiger partial charge in [0.25, 0.3) is 5.89 Å². The molecule has 3 rings (SSSR count). The summed E-state index contributed by atoms with van der Waals surface area (Å²) < 4.78 is 11.2. The fourth-order valence-electron chi connectivity index (χ4n) is 3.75. The van der Waals surface area contributed by atoms with Crippen LogP contribution in [0.25, 0.3) is 22.8 Å². The molecular formula is C26H32N4O3. The molecule has 33 heavy (non-hydrogen) atoms. The molecule has 2 aromatic carbocycles. The Balaban J connectivity index is 1.94. The Labute approximate surface area is 195 Å². The molecule has 1 aromatic heterocycles. The van der Waals surface area contributed by atoms with E-state index < -0.39 is 5.54 Å². The lowest BCUT2D eigenvalue weighted by molar-refractivity contribution is 0.174. The number of aromatic nitrogens is 2. The highest BCUT2D eigenvalue weighted by atomic mass is 16.5. The second-order valence-electron chi connectivity index (χ2n) is 9.08. The predicted molar refractivity (Wildman–Crippen MR) is 128 cm³/mol. The lowest BCUT2D eigenvalue weighted by Crippen LogP contribution is -2.44. The normalized spacial score (nSPS) is 12.6. The van der Waals surface area contributed by atoms with Gasteiger partial charge in [0, 0.05) is 22.7 Å². The Bertz CT molecular complexity index is 1140. The second-order valence-corrected chi connectivity index (χ2v) is 9.08. The van der Waals surface area contributed by atoms with E-state index in [1.54, 1.807) is 12.1 Å². The van der Waals surface area contributed by atoms with Gasteiger partial charge in [0.05, 0.1) is 18.3 Å². The quantitative estimate of drug-likeness (QED) is 0.464. The first-order valence-corrected chi connectivity index (χ1v) is 11.2. The van der Waals surface area contributed by atoms with E-state index in [0.717, 1.165) is 23.1 Å². The maximum Gasteiger partial charge on any atom is 0.258 e. The first kappa shape index (κ1) is 24.4. The topological polar surface area (TPSA) is 104 Å². The summed E-state index contributed by atoms with van der Waals surface area (Å²) in [7, 11) is 0. The summed E-state index contributed by atoms with van der Waals surface area (Å²) in [6.45, 7) is 12.0. The molecule has 0 saturated heterocycles. The van der Waals surface area contributed by atoms with E-state index in [-0.39, 0.29) is 18.8 Å². The molecule has 0 fully saturated rings. The summed E-state index contributed by atoms with van der Waals surface area (Å²) in [5, 5.41) is 26.9. The van der Waals surface area contributed by atoms with E-state index in [4.69, 9.17) is 9.26 Å². The smallest absolute Gasteiger partial charge is 0.258 e. The number of benzene rings is 2. The van der Waals surface area contributed by atoms with Crippen molar-refractivity contribution >= 4 is 0 Å². The van der Waals surface area contributed by atoms with Crippen molar-refractivity contribution in [2.24, 2.45) is 0 Å². The van der Waals surface area contributed by atoms with E-state index in [1.807, 2.05) is 52.8 Å². The third-order valence-electron chi connectivity index (χ3n) is 5.50. The Kier molecular flexibility index (Phi) is 7.52. The molecule has 2 N–H and O–H groups in total. The number of nitrogens with zero attached hydrogens (tertiary/aromatic N) is 3. The van der Waals surface area contributed by atoms with Crippen LogP contribution in [0, 0.1) is 18.3 Å². The fourth-order valence-corrected chi connectivity index (χ4v) is 3.75. The van der Waals surface area contributed by atoms with Gasteiger partial charge in [-0.2, -0.15) is 10.2 Å². The van der Waals surface area contributed by atoms with Crippen LogP contribution in [0.15, 0.2) is 40.9 Å². The molecule has 0 aliphatic carbocycles. The average Bonchev–Trinajstić information content (AvgIpc) is 3.27. The van der Waals surface area contributed by atoms with Crippen molar-refractivity contribution in [1.29, 1.82) is 5.26 Å². The fraction of sp³-hybridized carbons (Fsp3) is 0.423. The molecule has 0 aliphatic heterocycles. The lowest BCUT2D eigenvalue weighted by Gasteiger charge is -2.31. The number of nitriles is 1. The van der Waals surface area contributed by atoms with Gasteiger partial charge in [-0.25, -0.2) is 0 Å². The number of aliphatic hydroxyl groups excluding tert-OH is 1. The molecule has 0 aliphatic rings. The first-order valence-electron chi connectivity index (χ1n) is 11.2. The van der Waals surface area contributed by atoms with Crippen molar-refractivity contribution in [3.63, 3.8) is 0 Å². The van der Waals surface area contributed by atoms with Gasteiger partial charge in [-0.1, -0.05) is 30.3 Å². The van der Waals surface area contributed by atoms with E-state index in [9.17, 15) is 10.4 Å². The molecule has 0 radical (unpaired) electrons. The van der Waals surface area contributed by atoms with Gasteiger partial charge in [-0.05, 0) is 70.4 Å². The van der Waals surface area contributed by atoms with Crippen LogP contribution in [-0.2, 0) is 0 Å². The van der Waals surface area contributed by atoms with Crippen LogP contribution in [0.5, 0.6) is 5.75 Å². The van der Waals surface area contributed by atoms with Crippen LogP contribution < -0.4 is 10.1 Å².